The van der Waals surface area contributed by atoms with E-state index < -0.39 is 0 Å². The van der Waals surface area contributed by atoms with Crippen LogP contribution < -0.4 is 9.47 Å². The van der Waals surface area contributed by atoms with Crippen LogP contribution in [0.4, 0.5) is 0 Å². The molecule has 0 radical (unpaired) electrons. The summed E-state index contributed by atoms with van der Waals surface area (Å²) in [5, 5.41) is 0. The number of benzene rings is 1. The molecule has 1 aliphatic heterocycles. The summed E-state index contributed by atoms with van der Waals surface area (Å²) >= 11 is 0. The van der Waals surface area contributed by atoms with Crippen molar-refractivity contribution in [3.8, 4) is 11.5 Å². The predicted octanol–water partition coefficient (Wildman–Crippen LogP) is 14.6. The number of aryl methyl sites for hydroxylation is 2. The summed E-state index contributed by atoms with van der Waals surface area (Å²) in [5.74, 6) is 3.52. The highest BCUT2D eigenvalue weighted by molar-refractivity contribution is 5.73. The van der Waals surface area contributed by atoms with Crippen molar-refractivity contribution >= 4 is 18.2 Å². The molecule has 4 atom stereocenters. The molecule has 334 valence electrons. The quantitative estimate of drug-likeness (QED) is 0.0244. The zero-order chi connectivity index (χ0) is 44.3. The summed E-state index contributed by atoms with van der Waals surface area (Å²) < 4.78 is 18.5. The molecule has 0 N–H and O–H groups in total. The van der Waals surface area contributed by atoms with Gasteiger partial charge < -0.3 is 14.2 Å². The highest BCUT2D eigenvalue weighted by Crippen LogP contribution is 2.43. The van der Waals surface area contributed by atoms with E-state index in [0.717, 1.165) is 96.2 Å². The van der Waals surface area contributed by atoms with Gasteiger partial charge in [0.05, 0.1) is 0 Å². The molecular formula is C54H82O6. The van der Waals surface area contributed by atoms with Crippen LogP contribution in [-0.4, -0.2) is 29.9 Å². The first-order valence-corrected chi connectivity index (χ1v) is 23.5. The molecule has 0 saturated carbocycles. The number of aldehydes is 1. The number of hydrogen-bond donors (Lipinski definition) is 0. The van der Waals surface area contributed by atoms with Crippen molar-refractivity contribution in [1.29, 1.82) is 0 Å². The van der Waals surface area contributed by atoms with Gasteiger partial charge in [-0.2, -0.15) is 0 Å². The van der Waals surface area contributed by atoms with E-state index in [2.05, 4.69) is 67.5 Å². The lowest BCUT2D eigenvalue weighted by Gasteiger charge is -2.37. The van der Waals surface area contributed by atoms with E-state index in [0.29, 0.717) is 31.4 Å². The van der Waals surface area contributed by atoms with Crippen LogP contribution in [0, 0.1) is 30.1 Å². The summed E-state index contributed by atoms with van der Waals surface area (Å²) in [6.45, 7) is 24.3. The Labute approximate surface area is 365 Å². The maximum atomic E-state index is 12.9. The fourth-order valence-electron chi connectivity index (χ4n) is 8.83. The Kier molecular flexibility index (Phi) is 21.4. The molecular weight excluding hydrogens is 745 g/mol. The van der Waals surface area contributed by atoms with Crippen molar-refractivity contribution in [2.24, 2.45) is 23.2 Å². The lowest BCUT2D eigenvalue weighted by atomic mass is 9.71. The molecule has 1 aliphatic carbocycles. The maximum Gasteiger partial charge on any atom is 0.311 e. The lowest BCUT2D eigenvalue weighted by molar-refractivity contribution is -0.148. The van der Waals surface area contributed by atoms with Crippen molar-refractivity contribution < 1.29 is 28.6 Å². The molecule has 1 heterocycles. The molecule has 3 rings (SSSR count). The van der Waals surface area contributed by atoms with Crippen molar-refractivity contribution in [3.63, 3.8) is 0 Å². The van der Waals surface area contributed by atoms with Gasteiger partial charge in [0, 0.05) is 12.8 Å². The smallest absolute Gasteiger partial charge is 0.311 e. The second-order valence-electron chi connectivity index (χ2n) is 19.8. The van der Waals surface area contributed by atoms with Gasteiger partial charge in [0.25, 0.3) is 0 Å². The van der Waals surface area contributed by atoms with E-state index in [1.54, 1.807) is 0 Å². The van der Waals surface area contributed by atoms with Crippen LogP contribution in [0.25, 0.3) is 0 Å². The Morgan fingerprint density at radius 2 is 1.43 bits per heavy atom. The molecule has 0 amide bonds. The first kappa shape index (κ1) is 50.7. The minimum atomic E-state index is -0.245. The third-order valence-corrected chi connectivity index (χ3v) is 12.9. The van der Waals surface area contributed by atoms with Crippen molar-refractivity contribution in [2.45, 2.75) is 203 Å². The summed E-state index contributed by atoms with van der Waals surface area (Å²) in [5.41, 5.74) is 6.24. The van der Waals surface area contributed by atoms with Crippen LogP contribution >= 0.6 is 0 Å². The monoisotopic (exact) mass is 827 g/mol. The number of carbonyl (C=O) groups is 3. The third kappa shape index (κ3) is 18.1. The van der Waals surface area contributed by atoms with E-state index in [-0.39, 0.29) is 29.1 Å². The van der Waals surface area contributed by atoms with Gasteiger partial charge in [-0.3, -0.25) is 14.4 Å². The van der Waals surface area contributed by atoms with Crippen LogP contribution in [0.3, 0.4) is 0 Å². The van der Waals surface area contributed by atoms with Gasteiger partial charge in [0.1, 0.15) is 29.5 Å². The van der Waals surface area contributed by atoms with E-state index in [9.17, 15) is 14.4 Å². The highest BCUT2D eigenvalue weighted by Gasteiger charge is 2.34. The number of hydrogen-bond acceptors (Lipinski definition) is 6. The van der Waals surface area contributed by atoms with E-state index in [1.807, 2.05) is 51.1 Å². The largest absolute Gasteiger partial charge is 0.487 e. The number of esters is 2. The fraction of sp³-hybridized carbons (Fsp3) is 0.648. The normalized spacial score (nSPS) is 20.6. The number of rotatable bonds is 25. The molecule has 1 aromatic carbocycles. The molecule has 0 fully saturated rings. The summed E-state index contributed by atoms with van der Waals surface area (Å²) in [7, 11) is 0. The molecule has 6 heteroatoms. The Bertz CT molecular complexity index is 1700. The van der Waals surface area contributed by atoms with E-state index in [4.69, 9.17) is 14.2 Å². The Balaban J connectivity index is 1.38. The molecule has 1 aromatic rings. The zero-order valence-electron chi connectivity index (χ0n) is 39.7. The zero-order valence-corrected chi connectivity index (χ0v) is 39.7. The lowest BCUT2D eigenvalue weighted by Crippen LogP contribution is -2.36. The standard InChI is InChI=1S/C54H82O6/c1-39(2)19-15-20-40(3)21-16-22-41(4)25-18-33-54(11)35-30-46-38-47(37-44(7)52(46)60-54)58-50(56)26-13-12-14-27-51(57)59-49-31-34-53(9,10)48(45(49)8)29-28-42(5)23-17-24-43(6)32-36-55/h17,23-24,28-29,32,36-41,49H,12-16,18-22,25-27,30-31,33-35H2,1-11H3/b24-17+,29-28+,42-23+,43-32+. The van der Waals surface area contributed by atoms with Gasteiger partial charge in [0.2, 0.25) is 0 Å². The summed E-state index contributed by atoms with van der Waals surface area (Å²) in [6.07, 6.45) is 30.2. The predicted molar refractivity (Wildman–Crippen MR) is 249 cm³/mol. The second-order valence-corrected chi connectivity index (χ2v) is 19.8. The molecule has 60 heavy (non-hydrogen) atoms. The van der Waals surface area contributed by atoms with Crippen LogP contribution in [-0.2, 0) is 25.5 Å². The van der Waals surface area contributed by atoms with Gasteiger partial charge in [-0.05, 0) is 155 Å². The van der Waals surface area contributed by atoms with E-state index >= 15 is 0 Å². The number of unbranched alkanes of at least 4 members (excludes halogenated alkanes) is 2. The van der Waals surface area contributed by atoms with Crippen molar-refractivity contribution in [2.75, 3.05) is 0 Å². The molecule has 6 nitrogen and oxygen atoms in total. The van der Waals surface area contributed by atoms with Crippen LogP contribution in [0.15, 0.2) is 70.9 Å². The molecule has 0 aromatic heterocycles. The number of ether oxygens (including phenoxy) is 3. The molecule has 0 spiro atoms. The minimum Gasteiger partial charge on any atom is -0.487 e. The average Bonchev–Trinajstić information content (AvgIpc) is 3.16. The van der Waals surface area contributed by atoms with Gasteiger partial charge in [-0.25, -0.2) is 0 Å². The Morgan fingerprint density at radius 3 is 2.10 bits per heavy atom. The Hall–Kier alpha value is -3.67. The Morgan fingerprint density at radius 1 is 0.800 bits per heavy atom. The molecule has 0 saturated heterocycles. The van der Waals surface area contributed by atoms with Crippen molar-refractivity contribution in [3.05, 3.63) is 82.0 Å². The summed E-state index contributed by atoms with van der Waals surface area (Å²) in [4.78, 5) is 36.4. The average molecular weight is 827 g/mol. The first-order chi connectivity index (χ1) is 28.4. The summed E-state index contributed by atoms with van der Waals surface area (Å²) in [6, 6.07) is 3.92. The number of allylic oxidation sites excluding steroid dienone is 9. The fourth-order valence-corrected chi connectivity index (χ4v) is 8.83. The van der Waals surface area contributed by atoms with Gasteiger partial charge in [-0.15, -0.1) is 0 Å². The molecule has 4 unspecified atom stereocenters. The van der Waals surface area contributed by atoms with E-state index in [1.165, 1.54) is 63.0 Å². The van der Waals surface area contributed by atoms with Crippen molar-refractivity contribution in [1.82, 2.24) is 0 Å². The third-order valence-electron chi connectivity index (χ3n) is 12.9. The SMILES string of the molecule is CC1=C(/C=C/C(C)=C/C=C/C(C)=C/C=O)C(C)(C)CCC1OC(=O)CCCCCC(=O)Oc1cc(C)c2c(c1)CCC(C)(CCCC(C)CCCC(C)CCCC(C)C)O2. The van der Waals surface area contributed by atoms with Gasteiger partial charge >= 0.3 is 11.9 Å². The van der Waals surface area contributed by atoms with Crippen LogP contribution in [0.2, 0.25) is 0 Å². The first-order valence-electron chi connectivity index (χ1n) is 23.5. The second kappa shape index (κ2) is 25.3. The molecule has 2 aliphatic rings. The van der Waals surface area contributed by atoms with Crippen LogP contribution in [0.5, 0.6) is 11.5 Å². The maximum absolute atomic E-state index is 12.9. The number of fused-ring (bicyclic) bond motifs is 1. The highest BCUT2D eigenvalue weighted by atomic mass is 16.5. The van der Waals surface area contributed by atoms with Crippen LogP contribution in [0.1, 0.15) is 190 Å². The van der Waals surface area contributed by atoms with Gasteiger partial charge in [0.15, 0.2) is 0 Å². The molecule has 0 bridgehead atoms. The minimum absolute atomic E-state index is 0.0199. The van der Waals surface area contributed by atoms with Gasteiger partial charge in [-0.1, -0.05) is 129 Å². The number of carbonyl (C=O) groups excluding carboxylic acids is 3. The topological polar surface area (TPSA) is 78.9 Å².